The number of hydrogen-bond donors (Lipinski definition) is 2. The first kappa shape index (κ1) is 14.6. The summed E-state index contributed by atoms with van der Waals surface area (Å²) in [6.07, 6.45) is 0.457. The van der Waals surface area contributed by atoms with Crippen LogP contribution in [0.3, 0.4) is 0 Å². The topological polar surface area (TPSA) is 49.7 Å². The number of aliphatic hydroxyl groups excluding tert-OH is 2. The molecule has 3 heteroatoms. The van der Waals surface area contributed by atoms with Gasteiger partial charge in [0.05, 0.1) is 13.2 Å². The van der Waals surface area contributed by atoms with Gasteiger partial charge in [-0.3, -0.25) is 0 Å². The first-order valence-corrected chi connectivity index (χ1v) is 6.62. The van der Waals surface area contributed by atoms with Crippen LogP contribution in [-0.4, -0.2) is 10.2 Å². The fourth-order valence-corrected chi connectivity index (χ4v) is 2.10. The molecule has 20 heavy (non-hydrogen) atoms. The minimum absolute atomic E-state index is 0.0788. The van der Waals surface area contributed by atoms with Crippen molar-refractivity contribution in [1.82, 2.24) is 0 Å². The van der Waals surface area contributed by atoms with Crippen molar-refractivity contribution in [3.63, 3.8) is 0 Å². The molecule has 0 fully saturated rings. The Balaban J connectivity index is 2.23. The third-order valence-corrected chi connectivity index (χ3v) is 3.10. The largest absolute Gasteiger partial charge is 0.486 e. The molecule has 0 saturated heterocycles. The first-order chi connectivity index (χ1) is 9.76. The van der Waals surface area contributed by atoms with Gasteiger partial charge in [-0.2, -0.15) is 0 Å². The monoisotopic (exact) mass is 271 g/mol. The van der Waals surface area contributed by atoms with E-state index in [0.717, 1.165) is 16.7 Å². The molecule has 0 spiro atoms. The molecule has 0 bridgehead atoms. The first-order valence-electron chi connectivity index (χ1n) is 6.62. The van der Waals surface area contributed by atoms with Gasteiger partial charge in [0, 0.05) is 0 Å². The Bertz CT molecular complexity index is 515. The van der Waals surface area contributed by atoms with Crippen LogP contribution in [0.25, 0.3) is 0 Å². The van der Waals surface area contributed by atoms with Crippen LogP contribution in [0.4, 0.5) is 0 Å². The van der Waals surface area contributed by atoms with E-state index in [1.165, 1.54) is 0 Å². The number of hydrogen-bond acceptors (Lipinski definition) is 3. The molecule has 0 aromatic heterocycles. The Hall–Kier alpha value is -1.84. The van der Waals surface area contributed by atoms with Crippen molar-refractivity contribution in [3.05, 3.63) is 72.1 Å². The van der Waals surface area contributed by atoms with E-state index in [0.29, 0.717) is 12.2 Å². The molecule has 0 aliphatic carbocycles. The average molecular weight is 271 g/mol. The zero-order valence-electron chi connectivity index (χ0n) is 11.3. The van der Waals surface area contributed by atoms with Crippen molar-refractivity contribution in [1.29, 1.82) is 0 Å². The van der Waals surface area contributed by atoms with E-state index < -0.39 is 0 Å². The van der Waals surface area contributed by atoms with Crippen LogP contribution in [0, 0.1) is 6.92 Å². The fourth-order valence-electron chi connectivity index (χ4n) is 2.10. The predicted molar refractivity (Wildman–Crippen MR) is 78.1 cm³/mol. The molecule has 0 heterocycles. The van der Waals surface area contributed by atoms with Crippen LogP contribution in [0.2, 0.25) is 0 Å². The average Bonchev–Trinajstić information content (AvgIpc) is 2.53. The van der Waals surface area contributed by atoms with Gasteiger partial charge in [0.1, 0.15) is 11.9 Å². The number of ether oxygens (including phenoxy) is 1. The molecule has 1 atom stereocenters. The van der Waals surface area contributed by atoms with Gasteiger partial charge >= 0.3 is 0 Å². The molecule has 1 unspecified atom stereocenters. The highest BCUT2D eigenvalue weighted by Crippen LogP contribution is 2.26. The lowest BCUT2D eigenvalue weighted by Gasteiger charge is -2.19. The quantitative estimate of drug-likeness (QED) is 0.849. The Morgan fingerprint density at radius 2 is 1.55 bits per heavy atom. The van der Waals surface area contributed by atoms with Gasteiger partial charge in [0.25, 0.3) is 0 Å². The minimum Gasteiger partial charge on any atom is -0.486 e. The molecule has 0 aliphatic rings. The summed E-state index contributed by atoms with van der Waals surface area (Å²) < 4.78 is 5.95. The second-order valence-corrected chi connectivity index (χ2v) is 4.61. The van der Waals surface area contributed by atoms with Crippen molar-refractivity contribution >= 4 is 0 Å². The lowest BCUT2D eigenvalue weighted by molar-refractivity contribution is 0.206. The number of benzene rings is 2. The number of rotatable bonds is 6. The summed E-state index contributed by atoms with van der Waals surface area (Å²) in [7, 11) is 0. The summed E-state index contributed by atoms with van der Waals surface area (Å²) >= 11 is 0. The van der Waals surface area contributed by atoms with E-state index in [2.05, 4.69) is 6.92 Å². The second kappa shape index (κ2) is 7.08. The summed E-state index contributed by atoms with van der Waals surface area (Å²) in [6, 6.07) is 15.2. The molecule has 0 amide bonds. The third kappa shape index (κ3) is 3.59. The van der Waals surface area contributed by atoms with Crippen LogP contribution >= 0.6 is 0 Å². The molecule has 2 aromatic carbocycles. The maximum absolute atomic E-state index is 9.24. The smallest absolute Gasteiger partial charge is 0.124 e. The van der Waals surface area contributed by atoms with Gasteiger partial charge in [0.2, 0.25) is 0 Å². The predicted octanol–water partition coefficient (Wildman–Crippen LogP) is 3.02. The van der Waals surface area contributed by atoms with Gasteiger partial charge in [-0.1, -0.05) is 36.4 Å². The molecule has 2 rings (SSSR count). The summed E-state index contributed by atoms with van der Waals surface area (Å²) in [6.45, 7) is 3.76. The van der Waals surface area contributed by atoms with Gasteiger partial charge in [-0.25, -0.2) is 0 Å². The van der Waals surface area contributed by atoms with Crippen LogP contribution in [0.1, 0.15) is 29.2 Å². The third-order valence-electron chi connectivity index (χ3n) is 3.10. The Morgan fingerprint density at radius 3 is 2.05 bits per heavy atom. The van der Waals surface area contributed by atoms with Crippen LogP contribution in [0.5, 0.6) is 5.75 Å². The Kier molecular flexibility index (Phi) is 5.16. The van der Waals surface area contributed by atoms with E-state index in [1.54, 1.807) is 18.2 Å². The zero-order chi connectivity index (χ0) is 14.4. The number of aliphatic hydroxyl groups is 2. The van der Waals surface area contributed by atoms with E-state index >= 15 is 0 Å². The van der Waals surface area contributed by atoms with Crippen LogP contribution in [-0.2, 0) is 13.2 Å². The van der Waals surface area contributed by atoms with E-state index in [4.69, 9.17) is 4.74 Å². The van der Waals surface area contributed by atoms with Gasteiger partial charge in [-0.05, 0) is 42.2 Å². The lowest BCUT2D eigenvalue weighted by atomic mass is 10.1. The highest BCUT2D eigenvalue weighted by molar-refractivity contribution is 5.34. The standard InChI is InChI=1S/C17H19O3/c1-2-17(15-6-4-3-5-7-15)20-16-9-13(11-18)8-14(10-16)12-19/h3-10,17-19H,1-2,11-12H2. The molecular formula is C17H19O3. The minimum atomic E-state index is -0.142. The Labute approximate surface area is 119 Å². The zero-order valence-corrected chi connectivity index (χ0v) is 11.3. The maximum atomic E-state index is 9.24. The Morgan fingerprint density at radius 1 is 0.950 bits per heavy atom. The van der Waals surface area contributed by atoms with Crippen molar-refractivity contribution in [2.45, 2.75) is 25.7 Å². The fraction of sp³-hybridized carbons (Fsp3) is 0.235. The molecule has 2 aromatic rings. The summed E-state index contributed by atoms with van der Waals surface area (Å²) in [4.78, 5) is 0. The summed E-state index contributed by atoms with van der Waals surface area (Å²) in [5, 5.41) is 18.5. The van der Waals surface area contributed by atoms with Gasteiger partial charge in [0.15, 0.2) is 0 Å². The molecular weight excluding hydrogens is 252 g/mol. The molecule has 2 N–H and O–H groups in total. The molecule has 105 valence electrons. The summed E-state index contributed by atoms with van der Waals surface area (Å²) in [5.41, 5.74) is 2.51. The van der Waals surface area contributed by atoms with Crippen molar-refractivity contribution < 1.29 is 14.9 Å². The normalized spacial score (nSPS) is 12.2. The van der Waals surface area contributed by atoms with Crippen LogP contribution in [0.15, 0.2) is 48.5 Å². The van der Waals surface area contributed by atoms with E-state index in [1.807, 2.05) is 30.3 Å². The molecule has 3 nitrogen and oxygen atoms in total. The van der Waals surface area contributed by atoms with Crippen molar-refractivity contribution in [2.75, 3.05) is 0 Å². The van der Waals surface area contributed by atoms with E-state index in [-0.39, 0.29) is 19.3 Å². The van der Waals surface area contributed by atoms with Crippen molar-refractivity contribution in [3.8, 4) is 5.75 Å². The lowest BCUT2D eigenvalue weighted by Crippen LogP contribution is -2.07. The van der Waals surface area contributed by atoms with Crippen molar-refractivity contribution in [2.24, 2.45) is 0 Å². The summed E-state index contributed by atoms with van der Waals surface area (Å²) in [5.74, 6) is 0.637. The van der Waals surface area contributed by atoms with Gasteiger partial charge < -0.3 is 14.9 Å². The molecule has 1 radical (unpaired) electrons. The molecule has 0 aliphatic heterocycles. The molecule has 0 saturated carbocycles. The SMILES string of the molecule is [CH2]CC(Oc1cc(CO)cc(CO)c1)c1ccccc1. The maximum Gasteiger partial charge on any atom is 0.124 e. The second-order valence-electron chi connectivity index (χ2n) is 4.61. The van der Waals surface area contributed by atoms with Gasteiger partial charge in [-0.15, -0.1) is 0 Å². The highest BCUT2D eigenvalue weighted by atomic mass is 16.5. The highest BCUT2D eigenvalue weighted by Gasteiger charge is 2.11. The van der Waals surface area contributed by atoms with Crippen LogP contribution < -0.4 is 4.74 Å². The van der Waals surface area contributed by atoms with E-state index in [9.17, 15) is 10.2 Å².